The number of nitrogens with zero attached hydrogens (tertiary/aromatic N) is 3. The highest BCUT2D eigenvalue weighted by atomic mass is 19.4. The van der Waals surface area contributed by atoms with Crippen LogP contribution in [0.15, 0.2) is 24.4 Å². The van der Waals surface area contributed by atoms with Crippen LogP contribution in [0.1, 0.15) is 78.8 Å². The number of fused-ring (bicyclic) bond motifs is 2. The Hall–Kier alpha value is -3.51. The minimum atomic E-state index is -4.35. The largest absolute Gasteiger partial charge is 0.389 e. The van der Waals surface area contributed by atoms with E-state index in [9.17, 15) is 31.5 Å². The molecule has 3 aromatic rings. The summed E-state index contributed by atoms with van der Waals surface area (Å²) in [6, 6.07) is 5.26. The SMILES string of the molecule is FC1(F)CCCCC1.O=C(CCC(F)(F)F)NCc1ccc2nc(CNC(=O)c3cnn4c3CCC4)[nH]c2c1. The number of aromatic amines is 1. The number of nitrogens with one attached hydrogen (secondary N) is 3. The van der Waals surface area contributed by atoms with Crippen molar-refractivity contribution in [1.82, 2.24) is 30.4 Å². The molecule has 0 saturated heterocycles. The number of aromatic nitrogens is 4. The lowest BCUT2D eigenvalue weighted by molar-refractivity contribution is -0.144. The highest BCUT2D eigenvalue weighted by Crippen LogP contribution is 2.32. The standard InChI is InChI=1S/C20H21F3N6O2.C6H10F2/c21-20(22,23)6-5-18(30)24-9-12-3-4-14-15(8-12)28-17(27-14)11-25-19(31)13-10-26-29-7-1-2-16(13)29;7-6(8)4-2-1-3-5-6/h3-4,8,10H,1-2,5-7,9,11H2,(H,24,30)(H,25,31)(H,27,28);1-5H2. The van der Waals surface area contributed by atoms with Gasteiger partial charge in [-0.3, -0.25) is 14.3 Å². The summed E-state index contributed by atoms with van der Waals surface area (Å²) >= 11 is 0. The summed E-state index contributed by atoms with van der Waals surface area (Å²) < 4.78 is 62.8. The first-order valence-corrected chi connectivity index (χ1v) is 13.0. The molecule has 1 aromatic carbocycles. The Morgan fingerprint density at radius 3 is 2.51 bits per heavy atom. The van der Waals surface area contributed by atoms with Gasteiger partial charge in [0.1, 0.15) is 5.82 Å². The van der Waals surface area contributed by atoms with Gasteiger partial charge in [0.15, 0.2) is 0 Å². The molecular formula is C26H31F5N6O2. The second kappa shape index (κ2) is 12.1. The van der Waals surface area contributed by atoms with Crippen LogP contribution in [0.3, 0.4) is 0 Å². The lowest BCUT2D eigenvalue weighted by Crippen LogP contribution is -2.24. The molecule has 3 N–H and O–H groups in total. The number of H-pyrrole nitrogens is 1. The summed E-state index contributed by atoms with van der Waals surface area (Å²) in [6.07, 6.45) is -0.0271. The Labute approximate surface area is 221 Å². The van der Waals surface area contributed by atoms with E-state index >= 15 is 0 Å². The molecule has 0 spiro atoms. The molecule has 2 aliphatic rings. The number of alkyl halides is 5. The number of carbonyl (C=O) groups is 2. The van der Waals surface area contributed by atoms with Crippen molar-refractivity contribution in [3.8, 4) is 0 Å². The van der Waals surface area contributed by atoms with Crippen molar-refractivity contribution in [2.24, 2.45) is 0 Å². The molecule has 1 aliphatic heterocycles. The van der Waals surface area contributed by atoms with Crippen LogP contribution in [0, 0.1) is 0 Å². The summed E-state index contributed by atoms with van der Waals surface area (Å²) in [5.74, 6) is -2.61. The molecule has 212 valence electrons. The van der Waals surface area contributed by atoms with Crippen molar-refractivity contribution in [2.45, 2.75) is 89.5 Å². The third-order valence-electron chi connectivity index (χ3n) is 6.70. The van der Waals surface area contributed by atoms with Crippen molar-refractivity contribution < 1.29 is 31.5 Å². The first-order valence-electron chi connectivity index (χ1n) is 13.0. The number of hydrogen-bond acceptors (Lipinski definition) is 4. The van der Waals surface area contributed by atoms with E-state index in [4.69, 9.17) is 0 Å². The van der Waals surface area contributed by atoms with Gasteiger partial charge in [-0.2, -0.15) is 18.3 Å². The Kier molecular flexibility index (Phi) is 8.86. The predicted molar refractivity (Wildman–Crippen MR) is 133 cm³/mol. The fourth-order valence-electron chi connectivity index (χ4n) is 4.63. The molecule has 3 heterocycles. The van der Waals surface area contributed by atoms with Crippen LogP contribution in [0.5, 0.6) is 0 Å². The molecule has 0 unspecified atom stereocenters. The van der Waals surface area contributed by atoms with E-state index in [1.165, 1.54) is 0 Å². The number of imidazole rings is 1. The molecule has 13 heteroatoms. The lowest BCUT2D eigenvalue weighted by Gasteiger charge is -2.20. The Morgan fingerprint density at radius 1 is 1.05 bits per heavy atom. The average molecular weight is 555 g/mol. The second-order valence-corrected chi connectivity index (χ2v) is 9.86. The quantitative estimate of drug-likeness (QED) is 0.350. The molecule has 1 fully saturated rings. The van der Waals surface area contributed by atoms with Crippen LogP contribution in [0.25, 0.3) is 11.0 Å². The van der Waals surface area contributed by atoms with E-state index in [2.05, 4.69) is 25.7 Å². The number of halogens is 5. The Bertz CT molecular complexity index is 1290. The van der Waals surface area contributed by atoms with E-state index < -0.39 is 30.8 Å². The van der Waals surface area contributed by atoms with Crippen LogP contribution in [0.2, 0.25) is 0 Å². The van der Waals surface area contributed by atoms with Gasteiger partial charge in [0, 0.05) is 32.4 Å². The van der Waals surface area contributed by atoms with Gasteiger partial charge < -0.3 is 15.6 Å². The first kappa shape index (κ1) is 28.5. The lowest BCUT2D eigenvalue weighted by atomic mass is 9.97. The zero-order chi connectivity index (χ0) is 28.0. The zero-order valence-corrected chi connectivity index (χ0v) is 21.3. The van der Waals surface area contributed by atoms with E-state index in [0.29, 0.717) is 35.3 Å². The van der Waals surface area contributed by atoms with Crippen LogP contribution < -0.4 is 10.6 Å². The highest BCUT2D eigenvalue weighted by Gasteiger charge is 2.30. The summed E-state index contributed by atoms with van der Waals surface area (Å²) in [7, 11) is 0. The molecule has 5 rings (SSSR count). The third kappa shape index (κ3) is 8.24. The minimum Gasteiger partial charge on any atom is -0.352 e. The average Bonchev–Trinajstić information content (AvgIpc) is 3.60. The number of amides is 2. The van der Waals surface area contributed by atoms with Crippen molar-refractivity contribution in [3.63, 3.8) is 0 Å². The van der Waals surface area contributed by atoms with Crippen molar-refractivity contribution in [2.75, 3.05) is 0 Å². The number of rotatable bonds is 7. The number of benzene rings is 1. The molecule has 0 bridgehead atoms. The molecule has 0 atom stereocenters. The maximum atomic E-state index is 12.5. The van der Waals surface area contributed by atoms with Crippen molar-refractivity contribution in [3.05, 3.63) is 47.0 Å². The molecule has 2 amide bonds. The predicted octanol–water partition coefficient (Wildman–Crippen LogP) is 5.18. The van der Waals surface area contributed by atoms with Crippen LogP contribution in [-0.4, -0.2) is 43.7 Å². The fraction of sp³-hybridized carbons (Fsp3) is 0.538. The van der Waals surface area contributed by atoms with Gasteiger partial charge in [-0.15, -0.1) is 0 Å². The van der Waals surface area contributed by atoms with Gasteiger partial charge in [0.05, 0.1) is 41.5 Å². The van der Waals surface area contributed by atoms with E-state index in [1.807, 2.05) is 4.68 Å². The molecule has 1 saturated carbocycles. The summed E-state index contributed by atoms with van der Waals surface area (Å²) in [5, 5.41) is 9.54. The van der Waals surface area contributed by atoms with E-state index in [1.54, 1.807) is 24.4 Å². The third-order valence-corrected chi connectivity index (χ3v) is 6.70. The smallest absolute Gasteiger partial charge is 0.352 e. The molecule has 1 aliphatic carbocycles. The van der Waals surface area contributed by atoms with Gasteiger partial charge >= 0.3 is 6.18 Å². The van der Waals surface area contributed by atoms with Crippen molar-refractivity contribution >= 4 is 22.8 Å². The van der Waals surface area contributed by atoms with Gasteiger partial charge in [-0.25, -0.2) is 13.8 Å². The first-order chi connectivity index (χ1) is 18.5. The topological polar surface area (TPSA) is 105 Å². The second-order valence-electron chi connectivity index (χ2n) is 9.86. The van der Waals surface area contributed by atoms with E-state index in [0.717, 1.165) is 37.1 Å². The van der Waals surface area contributed by atoms with Gasteiger partial charge in [-0.05, 0) is 43.4 Å². The van der Waals surface area contributed by atoms with Gasteiger partial charge in [-0.1, -0.05) is 12.5 Å². The molecular weight excluding hydrogens is 523 g/mol. The highest BCUT2D eigenvalue weighted by molar-refractivity contribution is 5.95. The summed E-state index contributed by atoms with van der Waals surface area (Å²) in [4.78, 5) is 31.6. The summed E-state index contributed by atoms with van der Waals surface area (Å²) in [6.45, 7) is 1.16. The normalized spacial score (nSPS) is 16.3. The summed E-state index contributed by atoms with van der Waals surface area (Å²) in [5.41, 5.74) is 3.64. The number of carbonyl (C=O) groups excluding carboxylic acids is 2. The fourth-order valence-corrected chi connectivity index (χ4v) is 4.63. The number of aryl methyl sites for hydroxylation is 1. The van der Waals surface area contributed by atoms with E-state index in [-0.39, 0.29) is 31.8 Å². The monoisotopic (exact) mass is 554 g/mol. The Morgan fingerprint density at radius 2 is 1.82 bits per heavy atom. The zero-order valence-electron chi connectivity index (χ0n) is 21.3. The maximum absolute atomic E-state index is 12.5. The minimum absolute atomic E-state index is 0.116. The van der Waals surface area contributed by atoms with Crippen LogP contribution in [-0.2, 0) is 30.8 Å². The maximum Gasteiger partial charge on any atom is 0.389 e. The van der Waals surface area contributed by atoms with Gasteiger partial charge in [0.2, 0.25) is 11.8 Å². The van der Waals surface area contributed by atoms with Gasteiger partial charge in [0.25, 0.3) is 5.91 Å². The van der Waals surface area contributed by atoms with Crippen molar-refractivity contribution in [1.29, 1.82) is 0 Å². The Balaban J connectivity index is 0.000000379. The number of hydrogen-bond donors (Lipinski definition) is 3. The van der Waals surface area contributed by atoms with Crippen LogP contribution >= 0.6 is 0 Å². The molecule has 0 radical (unpaired) electrons. The molecule has 39 heavy (non-hydrogen) atoms. The van der Waals surface area contributed by atoms with Crippen LogP contribution in [0.4, 0.5) is 22.0 Å². The molecule has 2 aromatic heterocycles. The molecule has 8 nitrogen and oxygen atoms in total.